The number of piperidine rings is 1. The number of rotatable bonds is 7. The Morgan fingerprint density at radius 2 is 1.69 bits per heavy atom. The highest BCUT2D eigenvalue weighted by Gasteiger charge is 2.28. The van der Waals surface area contributed by atoms with Gasteiger partial charge in [-0.2, -0.15) is 13.2 Å². The number of hydrogen-bond donors (Lipinski definition) is 0. The van der Waals surface area contributed by atoms with Crippen molar-refractivity contribution in [3.05, 3.63) is 59.5 Å². The first kappa shape index (κ1) is 24.7. The number of carbonyl (C=O) groups excluding carboxylic acids is 1. The zero-order valence-corrected chi connectivity index (χ0v) is 19.5. The van der Waals surface area contributed by atoms with Gasteiger partial charge in [0.2, 0.25) is 0 Å². The van der Waals surface area contributed by atoms with Gasteiger partial charge in [0.25, 0.3) is 5.91 Å². The van der Waals surface area contributed by atoms with E-state index in [9.17, 15) is 18.0 Å². The summed E-state index contributed by atoms with van der Waals surface area (Å²) < 4.78 is 52.1. The predicted octanol–water partition coefficient (Wildman–Crippen LogP) is 4.75. The zero-order valence-electron chi connectivity index (χ0n) is 19.5. The highest BCUT2D eigenvalue weighted by molar-refractivity contribution is 5.94. The fourth-order valence-corrected chi connectivity index (χ4v) is 4.30. The molecule has 0 N–H and O–H groups in total. The molecule has 2 aromatic carbocycles. The summed E-state index contributed by atoms with van der Waals surface area (Å²) in [6, 6.07) is 10.2. The molecule has 1 aromatic heterocycles. The van der Waals surface area contributed by atoms with Crippen LogP contribution in [0.3, 0.4) is 0 Å². The van der Waals surface area contributed by atoms with Gasteiger partial charge in [-0.3, -0.25) is 4.79 Å². The van der Waals surface area contributed by atoms with Crippen LogP contribution >= 0.6 is 0 Å². The van der Waals surface area contributed by atoms with Gasteiger partial charge in [-0.25, -0.2) is 9.97 Å². The molecule has 1 amide bonds. The van der Waals surface area contributed by atoms with Crippen LogP contribution in [0.5, 0.6) is 11.5 Å². The van der Waals surface area contributed by atoms with Crippen molar-refractivity contribution >= 4 is 16.8 Å². The Hall–Kier alpha value is -3.40. The first-order valence-electron chi connectivity index (χ1n) is 11.2. The van der Waals surface area contributed by atoms with Crippen LogP contribution in [0, 0.1) is 0 Å². The molecular formula is C25H26F3N3O4. The number of carbonyl (C=O) groups is 1. The Balaban J connectivity index is 1.40. The maximum absolute atomic E-state index is 13.0. The predicted molar refractivity (Wildman–Crippen MR) is 123 cm³/mol. The van der Waals surface area contributed by atoms with E-state index in [-0.39, 0.29) is 18.4 Å². The van der Waals surface area contributed by atoms with Crippen molar-refractivity contribution in [3.63, 3.8) is 0 Å². The maximum Gasteiger partial charge on any atom is 0.411 e. The number of hydrogen-bond acceptors (Lipinski definition) is 6. The fraction of sp³-hybridized carbons (Fsp3) is 0.400. The van der Waals surface area contributed by atoms with Crippen LogP contribution < -0.4 is 9.47 Å². The monoisotopic (exact) mass is 489 g/mol. The van der Waals surface area contributed by atoms with Gasteiger partial charge in [-0.1, -0.05) is 12.1 Å². The van der Waals surface area contributed by atoms with Gasteiger partial charge in [0.05, 0.1) is 32.0 Å². The summed E-state index contributed by atoms with van der Waals surface area (Å²) in [6.07, 6.45) is -1.33. The van der Waals surface area contributed by atoms with E-state index in [1.165, 1.54) is 0 Å². The number of aromatic nitrogens is 2. The Bertz CT molecular complexity index is 1180. The number of amides is 1. The molecule has 2 heterocycles. The van der Waals surface area contributed by atoms with E-state index in [1.807, 2.05) is 12.1 Å². The van der Waals surface area contributed by atoms with Gasteiger partial charge in [0.1, 0.15) is 12.9 Å². The molecule has 1 saturated heterocycles. The molecule has 0 spiro atoms. The molecule has 1 aliphatic heterocycles. The molecule has 0 unspecified atom stereocenters. The van der Waals surface area contributed by atoms with Crippen LogP contribution in [0.2, 0.25) is 0 Å². The van der Waals surface area contributed by atoms with Gasteiger partial charge in [-0.05, 0) is 36.6 Å². The van der Waals surface area contributed by atoms with Crippen LogP contribution in [0.25, 0.3) is 10.9 Å². The lowest BCUT2D eigenvalue weighted by Gasteiger charge is -2.32. The van der Waals surface area contributed by atoms with Gasteiger partial charge in [-0.15, -0.1) is 0 Å². The Morgan fingerprint density at radius 3 is 2.31 bits per heavy atom. The third-order valence-electron chi connectivity index (χ3n) is 6.08. The number of fused-ring (bicyclic) bond motifs is 1. The highest BCUT2D eigenvalue weighted by atomic mass is 19.4. The van der Waals surface area contributed by atoms with E-state index in [0.717, 1.165) is 29.4 Å². The first-order chi connectivity index (χ1) is 16.8. The number of methoxy groups -OCH3 is 2. The number of alkyl halides is 3. The normalized spacial score (nSPS) is 14.8. The van der Waals surface area contributed by atoms with Crippen molar-refractivity contribution in [3.8, 4) is 11.5 Å². The summed E-state index contributed by atoms with van der Waals surface area (Å²) in [7, 11) is 3.16. The van der Waals surface area contributed by atoms with Crippen molar-refractivity contribution in [2.45, 2.75) is 31.5 Å². The van der Waals surface area contributed by atoms with Gasteiger partial charge >= 0.3 is 6.18 Å². The lowest BCUT2D eigenvalue weighted by molar-refractivity contribution is -0.176. The van der Waals surface area contributed by atoms with E-state index in [4.69, 9.17) is 9.47 Å². The van der Waals surface area contributed by atoms with E-state index in [0.29, 0.717) is 35.7 Å². The molecule has 0 bridgehead atoms. The molecule has 1 fully saturated rings. The summed E-state index contributed by atoms with van der Waals surface area (Å²) in [5.74, 6) is 1.26. The third-order valence-corrected chi connectivity index (χ3v) is 6.08. The summed E-state index contributed by atoms with van der Waals surface area (Å²) >= 11 is 0. The van der Waals surface area contributed by atoms with Crippen LogP contribution in [0.15, 0.2) is 42.7 Å². The Morgan fingerprint density at radius 1 is 1.03 bits per heavy atom. The fourth-order valence-electron chi connectivity index (χ4n) is 4.30. The largest absolute Gasteiger partial charge is 0.493 e. The number of likely N-dealkylation sites (tertiary alicyclic amines) is 1. The smallest absolute Gasteiger partial charge is 0.411 e. The minimum absolute atomic E-state index is 0.106. The maximum atomic E-state index is 13.0. The molecule has 186 valence electrons. The van der Waals surface area contributed by atoms with Crippen LogP contribution in [-0.2, 0) is 11.3 Å². The van der Waals surface area contributed by atoms with E-state index in [2.05, 4.69) is 14.7 Å². The Labute approximate surface area is 200 Å². The van der Waals surface area contributed by atoms with E-state index in [1.54, 1.807) is 49.7 Å². The average Bonchev–Trinajstić information content (AvgIpc) is 2.87. The number of benzene rings is 2. The molecule has 1 aliphatic rings. The second kappa shape index (κ2) is 10.5. The number of ether oxygens (including phenoxy) is 3. The van der Waals surface area contributed by atoms with Crippen molar-refractivity contribution < 1.29 is 32.2 Å². The third kappa shape index (κ3) is 5.82. The molecule has 0 atom stereocenters. The number of nitrogens with zero attached hydrogens (tertiary/aromatic N) is 3. The zero-order chi connectivity index (χ0) is 25.0. The molecular weight excluding hydrogens is 463 g/mol. The SMILES string of the molecule is COc1cc2ncnc(C3CCN(C(=O)c4ccc(COCC(F)(F)F)cc4)CC3)c2cc1OC. The van der Waals surface area contributed by atoms with Crippen LogP contribution in [0.1, 0.15) is 40.4 Å². The van der Waals surface area contributed by atoms with Crippen molar-refractivity contribution in [1.29, 1.82) is 0 Å². The highest BCUT2D eigenvalue weighted by Crippen LogP contribution is 2.36. The molecule has 4 rings (SSSR count). The van der Waals surface area contributed by atoms with Gasteiger partial charge < -0.3 is 19.1 Å². The van der Waals surface area contributed by atoms with Crippen LogP contribution in [-0.4, -0.2) is 60.9 Å². The molecule has 0 aliphatic carbocycles. The molecule has 0 saturated carbocycles. The van der Waals surface area contributed by atoms with Gasteiger partial charge in [0, 0.05) is 36.0 Å². The second-order valence-electron chi connectivity index (χ2n) is 8.35. The molecule has 10 heteroatoms. The van der Waals surface area contributed by atoms with Crippen molar-refractivity contribution in [1.82, 2.24) is 14.9 Å². The molecule has 7 nitrogen and oxygen atoms in total. The summed E-state index contributed by atoms with van der Waals surface area (Å²) in [5.41, 5.74) is 2.76. The molecule has 3 aromatic rings. The lowest BCUT2D eigenvalue weighted by atomic mass is 9.90. The first-order valence-corrected chi connectivity index (χ1v) is 11.2. The van der Waals surface area contributed by atoms with Crippen molar-refractivity contribution in [2.24, 2.45) is 0 Å². The summed E-state index contributed by atoms with van der Waals surface area (Å²) in [6.45, 7) is -0.328. The van der Waals surface area contributed by atoms with Crippen molar-refractivity contribution in [2.75, 3.05) is 33.9 Å². The quantitative estimate of drug-likeness (QED) is 0.477. The second-order valence-corrected chi connectivity index (χ2v) is 8.35. The van der Waals surface area contributed by atoms with E-state index < -0.39 is 12.8 Å². The minimum atomic E-state index is -4.36. The lowest BCUT2D eigenvalue weighted by Crippen LogP contribution is -2.38. The van der Waals surface area contributed by atoms with E-state index >= 15 is 0 Å². The van der Waals surface area contributed by atoms with Gasteiger partial charge in [0.15, 0.2) is 11.5 Å². The summed E-state index contributed by atoms with van der Waals surface area (Å²) in [4.78, 5) is 23.7. The van der Waals surface area contributed by atoms with Crippen LogP contribution in [0.4, 0.5) is 13.2 Å². The molecule has 0 radical (unpaired) electrons. The number of halogens is 3. The summed E-state index contributed by atoms with van der Waals surface area (Å²) in [5, 5.41) is 0.901. The minimum Gasteiger partial charge on any atom is -0.493 e. The topological polar surface area (TPSA) is 73.8 Å². The Kier molecular flexibility index (Phi) is 7.39. The molecule has 35 heavy (non-hydrogen) atoms. The average molecular weight is 489 g/mol. The standard InChI is InChI=1S/C25H26F3N3O4/c1-33-21-11-19-20(12-22(21)34-2)29-15-30-23(19)17-7-9-31(10-8-17)24(32)18-5-3-16(4-6-18)13-35-14-25(26,27)28/h3-6,11-12,15,17H,7-10,13-14H2,1-2H3.